The molecule has 2 saturated heterocycles. The van der Waals surface area contributed by atoms with Gasteiger partial charge in [-0.25, -0.2) is 0 Å². The van der Waals surface area contributed by atoms with E-state index in [2.05, 4.69) is 105 Å². The Balaban J connectivity index is 0.000000398. The van der Waals surface area contributed by atoms with Crippen molar-refractivity contribution in [2.24, 2.45) is 0 Å². The molecule has 65 heavy (non-hydrogen) atoms. The number of unbranched alkanes of at least 4 members (excludes halogenated alkanes) is 22. The summed E-state index contributed by atoms with van der Waals surface area (Å²) >= 11 is 0. The lowest BCUT2D eigenvalue weighted by Crippen LogP contribution is -2.66. The molecule has 0 saturated carbocycles. The van der Waals surface area contributed by atoms with E-state index in [1.165, 1.54) is 152 Å². The second-order valence-corrected chi connectivity index (χ2v) is 23.7. The fourth-order valence-corrected chi connectivity index (χ4v) is 13.6. The molecular weight excluding hydrogens is 821 g/mol. The maximum atomic E-state index is 8.70. The molecule has 0 bridgehead atoms. The Morgan fingerprint density at radius 2 is 0.862 bits per heavy atom. The molecular formula is C58H94O6Si. The fraction of sp³-hybridized carbons (Fsp3) is 0.724. The van der Waals surface area contributed by atoms with Crippen molar-refractivity contribution in [2.45, 2.75) is 231 Å². The smallest absolute Gasteiger partial charge is 0.261 e. The number of ether oxygens (including phenoxy) is 4. The summed E-state index contributed by atoms with van der Waals surface area (Å²) in [5.74, 6) is 12.7. The van der Waals surface area contributed by atoms with Gasteiger partial charge in [-0.3, -0.25) is 0 Å². The van der Waals surface area contributed by atoms with Crippen molar-refractivity contribution >= 4 is 18.7 Å². The number of benzene rings is 2. The van der Waals surface area contributed by atoms with Crippen LogP contribution in [0.4, 0.5) is 0 Å². The highest BCUT2D eigenvalue weighted by Crippen LogP contribution is 2.37. The SMILES string of the molecule is CC(C)(C)[Si](OCCCCCCCCCCCCCC#CCOC1CCCCO1)(c1ccccc1)c1ccccc1.OCCCCCCCCCCCCCC#CCOC1CCCCO1. The second kappa shape index (κ2) is 38.5. The van der Waals surface area contributed by atoms with E-state index in [1.54, 1.807) is 0 Å². The molecule has 0 spiro atoms. The molecule has 2 fully saturated rings. The van der Waals surface area contributed by atoms with Crippen molar-refractivity contribution < 1.29 is 28.5 Å². The average molecular weight is 915 g/mol. The van der Waals surface area contributed by atoms with E-state index in [9.17, 15) is 0 Å². The van der Waals surface area contributed by atoms with Crippen LogP contribution in [0.1, 0.15) is 213 Å². The zero-order valence-electron chi connectivity index (χ0n) is 41.9. The van der Waals surface area contributed by atoms with Gasteiger partial charge in [0.25, 0.3) is 8.32 Å². The van der Waals surface area contributed by atoms with E-state index < -0.39 is 8.32 Å². The third-order valence-corrected chi connectivity index (χ3v) is 17.9. The van der Waals surface area contributed by atoms with Crippen molar-refractivity contribution in [2.75, 3.05) is 39.6 Å². The van der Waals surface area contributed by atoms with Crippen molar-refractivity contribution in [3.05, 3.63) is 60.7 Å². The van der Waals surface area contributed by atoms with Gasteiger partial charge < -0.3 is 28.5 Å². The zero-order chi connectivity index (χ0) is 46.2. The van der Waals surface area contributed by atoms with Crippen LogP contribution < -0.4 is 10.4 Å². The highest BCUT2D eigenvalue weighted by Gasteiger charge is 2.49. The molecule has 0 radical (unpaired) electrons. The first-order valence-corrected chi connectivity index (χ1v) is 28.6. The van der Waals surface area contributed by atoms with Gasteiger partial charge in [0, 0.05) is 39.3 Å². The Morgan fingerprint density at radius 3 is 1.22 bits per heavy atom. The molecule has 4 rings (SSSR count). The first-order chi connectivity index (χ1) is 32.0. The molecule has 6 nitrogen and oxygen atoms in total. The Kier molecular flexibility index (Phi) is 33.7. The van der Waals surface area contributed by atoms with Crippen molar-refractivity contribution in [3.8, 4) is 23.7 Å². The van der Waals surface area contributed by atoms with Gasteiger partial charge >= 0.3 is 0 Å². The second-order valence-electron chi connectivity index (χ2n) is 19.4. The van der Waals surface area contributed by atoms with Crippen LogP contribution >= 0.6 is 0 Å². The van der Waals surface area contributed by atoms with Crippen LogP contribution in [-0.4, -0.2) is 65.6 Å². The van der Waals surface area contributed by atoms with E-state index in [1.807, 2.05) is 0 Å². The van der Waals surface area contributed by atoms with Gasteiger partial charge in [-0.05, 0) is 79.6 Å². The van der Waals surface area contributed by atoms with Crippen LogP contribution in [0.25, 0.3) is 0 Å². The number of hydrogen-bond acceptors (Lipinski definition) is 6. The minimum absolute atomic E-state index is 0.0114. The third-order valence-electron chi connectivity index (χ3n) is 12.8. The quantitative estimate of drug-likeness (QED) is 0.0448. The molecule has 2 heterocycles. The molecule has 2 aromatic rings. The fourth-order valence-electron chi connectivity index (χ4n) is 9.04. The summed E-state index contributed by atoms with van der Waals surface area (Å²) in [6.45, 7) is 11.0. The molecule has 0 aliphatic carbocycles. The summed E-state index contributed by atoms with van der Waals surface area (Å²) in [5, 5.41) is 11.5. The molecule has 2 aromatic carbocycles. The monoisotopic (exact) mass is 915 g/mol. The summed E-state index contributed by atoms with van der Waals surface area (Å²) < 4.78 is 29.3. The predicted molar refractivity (Wildman–Crippen MR) is 276 cm³/mol. The number of rotatable bonds is 32. The summed E-state index contributed by atoms with van der Waals surface area (Å²) in [7, 11) is -2.38. The van der Waals surface area contributed by atoms with Crippen LogP contribution in [0.15, 0.2) is 60.7 Å². The van der Waals surface area contributed by atoms with Crippen LogP contribution in [0, 0.1) is 23.7 Å². The van der Waals surface area contributed by atoms with Gasteiger partial charge in [0.15, 0.2) is 12.6 Å². The molecule has 1 N–H and O–H groups in total. The van der Waals surface area contributed by atoms with Gasteiger partial charge in [0.05, 0.1) is 0 Å². The first kappa shape index (κ1) is 56.9. The lowest BCUT2D eigenvalue weighted by molar-refractivity contribution is -0.154. The van der Waals surface area contributed by atoms with Crippen LogP contribution in [0.2, 0.25) is 5.04 Å². The highest BCUT2D eigenvalue weighted by molar-refractivity contribution is 6.99. The minimum Gasteiger partial charge on any atom is -0.407 e. The largest absolute Gasteiger partial charge is 0.407 e. The predicted octanol–water partition coefficient (Wildman–Crippen LogP) is 14.0. The maximum absolute atomic E-state index is 8.70. The molecule has 0 aromatic heterocycles. The molecule has 2 aliphatic rings. The van der Waals surface area contributed by atoms with Crippen molar-refractivity contribution in [1.29, 1.82) is 0 Å². The summed E-state index contributed by atoms with van der Waals surface area (Å²) in [4.78, 5) is 0. The molecule has 366 valence electrons. The topological polar surface area (TPSA) is 66.4 Å². The number of aliphatic hydroxyl groups excluding tert-OH is 1. The Bertz CT molecular complexity index is 1450. The maximum Gasteiger partial charge on any atom is 0.261 e. The standard InChI is InChI=1S/C37H56O3Si.C21H38O3/c1-37(2,3)41(34-26-18-16-19-27-34,35-28-20-17-21-29-35)40-33-24-15-13-11-9-7-5-4-6-8-10-12-14-23-31-38-36-30-22-25-32-39-36;22-18-14-11-9-7-5-3-1-2-4-6-8-10-12-15-19-23-21-17-13-16-20-24-21/h16-21,26-29,36H,4-13,15,22,24-25,30-33H2,1-3H3;21-22H,1-11,13-14,16-20H2. The summed E-state index contributed by atoms with van der Waals surface area (Å²) in [5.41, 5.74) is 0. The van der Waals surface area contributed by atoms with Crippen LogP contribution in [0.3, 0.4) is 0 Å². The lowest BCUT2D eigenvalue weighted by Gasteiger charge is -2.43. The number of aliphatic hydroxyl groups is 1. The lowest BCUT2D eigenvalue weighted by atomic mass is 10.1. The van der Waals surface area contributed by atoms with Gasteiger partial charge in [0.2, 0.25) is 0 Å². The third kappa shape index (κ3) is 26.6. The Hall–Kier alpha value is -2.46. The first-order valence-electron chi connectivity index (χ1n) is 26.7. The molecule has 2 atom stereocenters. The van der Waals surface area contributed by atoms with Crippen LogP contribution in [-0.2, 0) is 23.4 Å². The van der Waals surface area contributed by atoms with Gasteiger partial charge in [0.1, 0.15) is 13.2 Å². The van der Waals surface area contributed by atoms with Crippen molar-refractivity contribution in [3.63, 3.8) is 0 Å². The van der Waals surface area contributed by atoms with E-state index in [-0.39, 0.29) is 17.6 Å². The Labute approximate surface area is 400 Å². The normalized spacial score (nSPS) is 16.4. The molecule has 2 aliphatic heterocycles. The van der Waals surface area contributed by atoms with Crippen molar-refractivity contribution in [1.82, 2.24) is 0 Å². The number of hydrogen-bond donors (Lipinski definition) is 1. The summed E-state index contributed by atoms with van der Waals surface area (Å²) in [6, 6.07) is 22.0. The Morgan fingerprint density at radius 1 is 0.492 bits per heavy atom. The van der Waals surface area contributed by atoms with E-state index in [4.69, 9.17) is 28.5 Å². The molecule has 0 amide bonds. The summed E-state index contributed by atoms with van der Waals surface area (Å²) in [6.07, 6.45) is 37.3. The van der Waals surface area contributed by atoms with Crippen LogP contribution in [0.5, 0.6) is 0 Å². The van der Waals surface area contributed by atoms with Gasteiger partial charge in [-0.2, -0.15) is 0 Å². The molecule has 2 unspecified atom stereocenters. The van der Waals surface area contributed by atoms with Gasteiger partial charge in [-0.15, -0.1) is 11.8 Å². The van der Waals surface area contributed by atoms with E-state index in [0.29, 0.717) is 19.8 Å². The highest BCUT2D eigenvalue weighted by atomic mass is 28.4. The van der Waals surface area contributed by atoms with E-state index in [0.717, 1.165) is 71.2 Å². The average Bonchev–Trinajstić information content (AvgIpc) is 3.33. The zero-order valence-corrected chi connectivity index (χ0v) is 42.9. The minimum atomic E-state index is -2.38. The van der Waals surface area contributed by atoms with Gasteiger partial charge in [-0.1, -0.05) is 209 Å². The van der Waals surface area contributed by atoms with E-state index >= 15 is 0 Å². The molecule has 7 heteroatoms.